The maximum absolute atomic E-state index is 11.4. The van der Waals surface area contributed by atoms with E-state index >= 15 is 0 Å². The third-order valence-corrected chi connectivity index (χ3v) is 4.36. The minimum atomic E-state index is -4.78. The molecular weight excluding hydrogens is 242 g/mol. The predicted molar refractivity (Wildman–Crippen MR) is 53.0 cm³/mol. The predicted octanol–water partition coefficient (Wildman–Crippen LogP) is 0.0761. The molecule has 0 aliphatic heterocycles. The zero-order valence-corrected chi connectivity index (χ0v) is 9.34. The number of sulfonamides is 1. The molecule has 0 bridgehead atoms. The Morgan fingerprint density at radius 2 is 1.67 bits per heavy atom. The van der Waals surface area contributed by atoms with Gasteiger partial charge >= 0.3 is 10.3 Å². The summed E-state index contributed by atoms with van der Waals surface area (Å²) in [5.74, 6) is 0. The first-order valence-electron chi connectivity index (χ1n) is 3.79. The van der Waals surface area contributed by atoms with Crippen molar-refractivity contribution in [3.05, 3.63) is 29.8 Å². The molecule has 0 radical (unpaired) electrons. The molecule has 0 spiro atoms. The highest BCUT2D eigenvalue weighted by Crippen LogP contribution is 2.13. The number of hydrogen-bond donors (Lipinski definition) is 2. The molecule has 0 heterocycles. The van der Waals surface area contributed by atoms with Gasteiger partial charge in [-0.05, 0) is 18.6 Å². The Labute approximate surface area is 87.9 Å². The van der Waals surface area contributed by atoms with Gasteiger partial charge in [0.25, 0.3) is 10.0 Å². The van der Waals surface area contributed by atoms with Crippen molar-refractivity contribution in [2.24, 2.45) is 0 Å². The molecular formula is C7H9NO5S2. The van der Waals surface area contributed by atoms with E-state index in [0.29, 0.717) is 5.56 Å². The number of hydrogen-bond acceptors (Lipinski definition) is 4. The van der Waals surface area contributed by atoms with Crippen molar-refractivity contribution >= 4 is 20.3 Å². The molecule has 0 unspecified atom stereocenters. The molecule has 1 aromatic carbocycles. The molecule has 0 atom stereocenters. The number of nitrogens with one attached hydrogen (secondary N) is 1. The van der Waals surface area contributed by atoms with Crippen LogP contribution in [0, 0.1) is 6.92 Å². The lowest BCUT2D eigenvalue weighted by Gasteiger charge is -2.05. The van der Waals surface area contributed by atoms with Crippen molar-refractivity contribution in [1.82, 2.24) is 4.13 Å². The topological polar surface area (TPSA) is 101 Å². The highest BCUT2D eigenvalue weighted by molar-refractivity contribution is 8.02. The molecule has 0 aliphatic carbocycles. The van der Waals surface area contributed by atoms with Gasteiger partial charge in [0.2, 0.25) is 0 Å². The van der Waals surface area contributed by atoms with Crippen LogP contribution in [-0.2, 0) is 20.3 Å². The monoisotopic (exact) mass is 251 g/mol. The van der Waals surface area contributed by atoms with Gasteiger partial charge in [0.1, 0.15) is 0 Å². The molecule has 6 nitrogen and oxygen atoms in total. The fourth-order valence-electron chi connectivity index (χ4n) is 1.04. The quantitative estimate of drug-likeness (QED) is 0.741. The third-order valence-electron chi connectivity index (χ3n) is 1.60. The van der Waals surface area contributed by atoms with Crippen molar-refractivity contribution in [2.45, 2.75) is 11.8 Å². The number of rotatable bonds is 3. The second kappa shape index (κ2) is 3.89. The maximum Gasteiger partial charge on any atom is 0.346 e. The fourth-order valence-corrected chi connectivity index (χ4v) is 3.26. The van der Waals surface area contributed by atoms with E-state index in [9.17, 15) is 16.8 Å². The lowest BCUT2D eigenvalue weighted by atomic mass is 10.2. The summed E-state index contributed by atoms with van der Waals surface area (Å²) >= 11 is 0. The molecule has 0 amide bonds. The Bertz CT molecular complexity index is 561. The Morgan fingerprint density at radius 1 is 1.13 bits per heavy atom. The van der Waals surface area contributed by atoms with E-state index in [4.69, 9.17) is 4.55 Å². The molecule has 1 aromatic rings. The van der Waals surface area contributed by atoms with Gasteiger partial charge in [-0.1, -0.05) is 22.3 Å². The Kier molecular flexibility index (Phi) is 3.14. The van der Waals surface area contributed by atoms with E-state index in [1.54, 1.807) is 6.07 Å². The number of benzene rings is 1. The van der Waals surface area contributed by atoms with Crippen LogP contribution in [0.4, 0.5) is 0 Å². The first-order valence-corrected chi connectivity index (χ1v) is 6.71. The summed E-state index contributed by atoms with van der Waals surface area (Å²) in [6.07, 6.45) is 0. The molecule has 0 fully saturated rings. The van der Waals surface area contributed by atoms with Crippen LogP contribution >= 0.6 is 0 Å². The van der Waals surface area contributed by atoms with Crippen molar-refractivity contribution < 1.29 is 21.4 Å². The maximum atomic E-state index is 11.4. The summed E-state index contributed by atoms with van der Waals surface area (Å²) in [6, 6.07) is 5.81. The molecule has 1 rings (SSSR count). The van der Waals surface area contributed by atoms with Crippen molar-refractivity contribution in [1.29, 1.82) is 0 Å². The van der Waals surface area contributed by atoms with E-state index in [1.165, 1.54) is 25.1 Å². The van der Waals surface area contributed by atoms with E-state index in [-0.39, 0.29) is 4.90 Å². The molecule has 84 valence electrons. The van der Waals surface area contributed by atoms with Crippen LogP contribution < -0.4 is 4.13 Å². The summed E-state index contributed by atoms with van der Waals surface area (Å²) in [7, 11) is -9.02. The minimum absolute atomic E-state index is 0.192. The van der Waals surface area contributed by atoms with Crippen molar-refractivity contribution in [3.63, 3.8) is 0 Å². The van der Waals surface area contributed by atoms with Crippen LogP contribution in [-0.4, -0.2) is 21.4 Å². The zero-order valence-electron chi connectivity index (χ0n) is 7.71. The van der Waals surface area contributed by atoms with Crippen molar-refractivity contribution in [2.75, 3.05) is 0 Å². The fraction of sp³-hybridized carbons (Fsp3) is 0.143. The van der Waals surface area contributed by atoms with Gasteiger partial charge in [0.05, 0.1) is 4.90 Å². The second-order valence-corrected chi connectivity index (χ2v) is 5.89. The average molecular weight is 251 g/mol. The molecule has 0 aromatic heterocycles. The van der Waals surface area contributed by atoms with Crippen LogP contribution in [0.1, 0.15) is 5.56 Å². The van der Waals surface area contributed by atoms with Gasteiger partial charge in [-0.15, -0.1) is 0 Å². The molecule has 8 heteroatoms. The Morgan fingerprint density at radius 3 is 2.13 bits per heavy atom. The lowest BCUT2D eigenvalue weighted by molar-refractivity contribution is 0.477. The summed E-state index contributed by atoms with van der Waals surface area (Å²) in [6.45, 7) is 1.51. The van der Waals surface area contributed by atoms with Crippen LogP contribution in [0.2, 0.25) is 0 Å². The summed E-state index contributed by atoms with van der Waals surface area (Å²) in [5.41, 5.74) is 0.383. The van der Waals surface area contributed by atoms with Gasteiger partial charge in [-0.3, -0.25) is 4.55 Å². The van der Waals surface area contributed by atoms with Crippen LogP contribution in [0.5, 0.6) is 0 Å². The van der Waals surface area contributed by atoms with Crippen LogP contribution in [0.25, 0.3) is 0 Å². The molecule has 0 aliphatic rings. The minimum Gasteiger partial charge on any atom is -0.273 e. The third kappa shape index (κ3) is 3.27. The van der Waals surface area contributed by atoms with Gasteiger partial charge in [-0.25, -0.2) is 8.42 Å². The molecule has 15 heavy (non-hydrogen) atoms. The summed E-state index contributed by atoms with van der Waals surface area (Å²) in [5, 5.41) is 0. The molecule has 0 saturated carbocycles. The first-order chi connectivity index (χ1) is 6.72. The summed E-state index contributed by atoms with van der Waals surface area (Å²) < 4.78 is 53.2. The standard InChI is InChI=1S/C7H9NO5S2/c1-6-4-2-3-5-7(6)14(9,10)8-15(11,12)13/h2-5,8H,1H3,(H,11,12,13). The lowest BCUT2D eigenvalue weighted by Crippen LogP contribution is -2.30. The average Bonchev–Trinajstić information content (AvgIpc) is 1.99. The normalized spacial score (nSPS) is 12.7. The molecule has 0 saturated heterocycles. The van der Waals surface area contributed by atoms with E-state index < -0.39 is 20.3 Å². The SMILES string of the molecule is Cc1ccccc1S(=O)(=O)NS(=O)(=O)O. The number of aryl methyl sites for hydroxylation is 1. The highest BCUT2D eigenvalue weighted by Gasteiger charge is 2.21. The van der Waals surface area contributed by atoms with Crippen molar-refractivity contribution in [3.8, 4) is 0 Å². The first kappa shape index (κ1) is 12.1. The van der Waals surface area contributed by atoms with E-state index in [0.717, 1.165) is 4.13 Å². The molecule has 2 N–H and O–H groups in total. The van der Waals surface area contributed by atoms with Crippen LogP contribution in [0.3, 0.4) is 0 Å². The largest absolute Gasteiger partial charge is 0.346 e. The van der Waals surface area contributed by atoms with E-state index in [2.05, 4.69) is 0 Å². The zero-order chi connectivity index (χ0) is 11.7. The highest BCUT2D eigenvalue weighted by atomic mass is 32.3. The van der Waals surface area contributed by atoms with Gasteiger partial charge in [0, 0.05) is 0 Å². The Hall–Kier alpha value is -0.960. The van der Waals surface area contributed by atoms with Gasteiger partial charge < -0.3 is 0 Å². The van der Waals surface area contributed by atoms with Gasteiger partial charge in [0.15, 0.2) is 0 Å². The van der Waals surface area contributed by atoms with Gasteiger partial charge in [-0.2, -0.15) is 8.42 Å². The van der Waals surface area contributed by atoms with Crippen LogP contribution in [0.15, 0.2) is 29.2 Å². The Balaban J connectivity index is 3.25. The smallest absolute Gasteiger partial charge is 0.273 e. The second-order valence-electron chi connectivity index (χ2n) is 2.83. The summed E-state index contributed by atoms with van der Waals surface area (Å²) in [4.78, 5) is -0.192. The van der Waals surface area contributed by atoms with E-state index in [1.807, 2.05) is 0 Å².